The molecule has 2 heterocycles. The van der Waals surface area contributed by atoms with Crippen molar-refractivity contribution >= 4 is 23.0 Å². The van der Waals surface area contributed by atoms with Crippen LogP contribution < -0.4 is 15.2 Å². The van der Waals surface area contributed by atoms with Gasteiger partial charge in [-0.3, -0.25) is 30.0 Å². The Hall–Kier alpha value is -5.39. The zero-order valence-electron chi connectivity index (χ0n) is 21.4. The van der Waals surface area contributed by atoms with Crippen LogP contribution in [-0.2, 0) is 11.2 Å². The second kappa shape index (κ2) is 12.7. The van der Waals surface area contributed by atoms with Gasteiger partial charge in [-0.1, -0.05) is 0 Å². The second-order valence-corrected chi connectivity index (χ2v) is 8.39. The summed E-state index contributed by atoms with van der Waals surface area (Å²) in [7, 11) is 0. The van der Waals surface area contributed by atoms with Crippen molar-refractivity contribution in [1.82, 2.24) is 9.97 Å². The molecule has 12 nitrogen and oxygen atoms in total. The normalized spacial score (nSPS) is 10.1. The number of aryl methyl sites for hydroxylation is 2. The van der Waals surface area contributed by atoms with E-state index in [1.807, 2.05) is 0 Å². The third-order valence-electron chi connectivity index (χ3n) is 5.20. The average molecular weight is 532 g/mol. The predicted molar refractivity (Wildman–Crippen MR) is 143 cm³/mol. The maximum Gasteiger partial charge on any atom is 0.276 e. The van der Waals surface area contributed by atoms with Crippen molar-refractivity contribution in [2.75, 3.05) is 5.73 Å². The fourth-order valence-corrected chi connectivity index (χ4v) is 3.33. The van der Waals surface area contributed by atoms with Crippen molar-refractivity contribution in [3.63, 3.8) is 0 Å². The Balaban J connectivity index is 0.000000218. The van der Waals surface area contributed by atoms with Crippen LogP contribution in [0.1, 0.15) is 23.7 Å². The van der Waals surface area contributed by atoms with Gasteiger partial charge in [0.25, 0.3) is 11.4 Å². The number of Topliss-reactive ketones (excluding diaryl/α,β-unsaturated/α-hetero) is 1. The summed E-state index contributed by atoms with van der Waals surface area (Å²) in [6.45, 7) is 4.82. The number of nitrogen functional groups attached to an aromatic ring is 1. The van der Waals surface area contributed by atoms with Crippen LogP contribution in [-0.4, -0.2) is 25.6 Å². The van der Waals surface area contributed by atoms with Crippen LogP contribution in [0.2, 0.25) is 0 Å². The molecule has 2 N–H and O–H groups in total. The molecule has 0 bridgehead atoms. The minimum Gasteiger partial charge on any atom is -0.457 e. The largest absolute Gasteiger partial charge is 0.457 e. The molecular weight excluding hydrogens is 506 g/mol. The van der Waals surface area contributed by atoms with Crippen LogP contribution in [0.5, 0.6) is 23.0 Å². The molecule has 0 unspecified atom stereocenters. The molecule has 0 saturated heterocycles. The third-order valence-corrected chi connectivity index (χ3v) is 5.20. The number of nitrogens with two attached hydrogens (primary N) is 1. The van der Waals surface area contributed by atoms with Gasteiger partial charge in [0.2, 0.25) is 0 Å². The van der Waals surface area contributed by atoms with E-state index in [0.717, 1.165) is 0 Å². The Kier molecular flexibility index (Phi) is 9.19. The van der Waals surface area contributed by atoms with E-state index in [1.165, 1.54) is 31.5 Å². The van der Waals surface area contributed by atoms with Crippen LogP contribution >= 0.6 is 0 Å². The minimum absolute atomic E-state index is 0.00511. The van der Waals surface area contributed by atoms with Gasteiger partial charge in [-0.25, -0.2) is 4.98 Å². The number of anilines is 1. The van der Waals surface area contributed by atoms with Crippen molar-refractivity contribution in [1.29, 1.82) is 0 Å². The molecule has 200 valence electrons. The van der Waals surface area contributed by atoms with E-state index in [0.29, 0.717) is 45.6 Å². The number of benzene rings is 2. The number of carbonyl (C=O) groups excluding carboxylic acids is 1. The number of hydrogen-bond acceptors (Lipinski definition) is 10. The molecular formula is C27H25N5O7. The highest BCUT2D eigenvalue weighted by Gasteiger charge is 2.13. The van der Waals surface area contributed by atoms with Gasteiger partial charge < -0.3 is 15.2 Å². The lowest BCUT2D eigenvalue weighted by Crippen LogP contribution is -1.99. The summed E-state index contributed by atoms with van der Waals surface area (Å²) in [5, 5.41) is 21.7. The third kappa shape index (κ3) is 8.32. The minimum atomic E-state index is -0.448. The number of ketones is 1. The SMILES string of the molecule is CC(=O)Cc1cc(Oc2ccc(C)c([N+](=O)[O-])c2)ccn1.Cc1ccc(Oc2ccnc(N)c2)cc1[N+](=O)[O-]. The summed E-state index contributed by atoms with van der Waals surface area (Å²) in [5.41, 5.74) is 7.30. The average Bonchev–Trinajstić information content (AvgIpc) is 2.86. The molecule has 4 rings (SSSR count). The van der Waals surface area contributed by atoms with Crippen LogP contribution in [0.3, 0.4) is 0 Å². The van der Waals surface area contributed by atoms with Gasteiger partial charge in [0.1, 0.15) is 34.6 Å². The van der Waals surface area contributed by atoms with E-state index in [-0.39, 0.29) is 23.6 Å². The van der Waals surface area contributed by atoms with Crippen LogP contribution in [0.25, 0.3) is 0 Å². The molecule has 0 saturated carbocycles. The lowest BCUT2D eigenvalue weighted by Gasteiger charge is -2.07. The van der Waals surface area contributed by atoms with E-state index in [2.05, 4.69) is 9.97 Å². The quantitative estimate of drug-likeness (QED) is 0.213. The first-order chi connectivity index (χ1) is 18.5. The molecule has 2 aromatic heterocycles. The highest BCUT2D eigenvalue weighted by atomic mass is 16.6. The fourth-order valence-electron chi connectivity index (χ4n) is 3.33. The first kappa shape index (κ1) is 28.2. The number of pyridine rings is 2. The Labute approximate surface area is 223 Å². The highest BCUT2D eigenvalue weighted by Crippen LogP contribution is 2.29. The molecule has 0 aliphatic carbocycles. The smallest absolute Gasteiger partial charge is 0.276 e. The van der Waals surface area contributed by atoms with Crippen molar-refractivity contribution in [2.24, 2.45) is 0 Å². The van der Waals surface area contributed by atoms with Crippen LogP contribution in [0.4, 0.5) is 17.2 Å². The summed E-state index contributed by atoms with van der Waals surface area (Å²) in [6.07, 6.45) is 3.27. The molecule has 0 fully saturated rings. The van der Waals surface area contributed by atoms with Gasteiger partial charge in [-0.2, -0.15) is 0 Å². The lowest BCUT2D eigenvalue weighted by atomic mass is 10.2. The summed E-state index contributed by atoms with van der Waals surface area (Å²) in [6, 6.07) is 15.8. The highest BCUT2D eigenvalue weighted by molar-refractivity contribution is 5.77. The number of hydrogen-bond donors (Lipinski definition) is 1. The molecule has 0 radical (unpaired) electrons. The van der Waals surface area contributed by atoms with Crippen molar-refractivity contribution < 1.29 is 24.1 Å². The van der Waals surface area contributed by atoms with Gasteiger partial charge in [0, 0.05) is 42.1 Å². The topological polar surface area (TPSA) is 174 Å². The molecule has 0 aliphatic rings. The van der Waals surface area contributed by atoms with Crippen molar-refractivity contribution in [3.05, 3.63) is 110 Å². The first-order valence-electron chi connectivity index (χ1n) is 11.5. The number of nitro groups is 2. The number of aromatic nitrogens is 2. The monoisotopic (exact) mass is 531 g/mol. The molecule has 39 heavy (non-hydrogen) atoms. The van der Waals surface area contributed by atoms with E-state index in [4.69, 9.17) is 15.2 Å². The van der Waals surface area contributed by atoms with Gasteiger partial charge in [0.05, 0.1) is 27.7 Å². The molecule has 2 aromatic carbocycles. The maximum absolute atomic E-state index is 11.1. The fraction of sp³-hybridized carbons (Fsp3) is 0.148. The summed E-state index contributed by atoms with van der Waals surface area (Å²) >= 11 is 0. The maximum atomic E-state index is 11.1. The first-order valence-corrected chi connectivity index (χ1v) is 11.5. The predicted octanol–water partition coefficient (Wildman–Crippen LogP) is 5.89. The Morgan fingerprint density at radius 2 is 1.23 bits per heavy atom. The Morgan fingerprint density at radius 3 is 1.69 bits per heavy atom. The summed E-state index contributed by atoms with van der Waals surface area (Å²) in [5.74, 6) is 2.06. The van der Waals surface area contributed by atoms with E-state index >= 15 is 0 Å². The molecule has 4 aromatic rings. The van der Waals surface area contributed by atoms with Gasteiger partial charge in [-0.05, 0) is 57.2 Å². The number of ether oxygens (including phenoxy) is 2. The van der Waals surface area contributed by atoms with E-state index < -0.39 is 9.85 Å². The molecule has 0 spiro atoms. The number of rotatable bonds is 8. The number of nitro benzene ring substituents is 2. The molecule has 0 atom stereocenters. The van der Waals surface area contributed by atoms with Gasteiger partial charge in [-0.15, -0.1) is 0 Å². The van der Waals surface area contributed by atoms with Gasteiger partial charge in [0.15, 0.2) is 0 Å². The Bertz CT molecular complexity index is 1520. The van der Waals surface area contributed by atoms with Crippen LogP contribution in [0, 0.1) is 34.1 Å². The molecule has 0 amide bonds. The standard InChI is InChI=1S/C15H14N2O4.C12H11N3O3/c1-10-3-4-13(9-15(10)17(19)20)21-14-5-6-16-12(8-14)7-11(2)18;1-8-2-3-9(6-11(8)15(16)17)18-10-4-5-14-12(13)7-10/h3-6,8-9H,7H2,1-2H3;2-7H,1H3,(H2,13,14). The molecule has 12 heteroatoms. The van der Waals surface area contributed by atoms with Gasteiger partial charge >= 0.3 is 0 Å². The second-order valence-electron chi connectivity index (χ2n) is 8.39. The number of nitrogens with zero attached hydrogens (tertiary/aromatic N) is 4. The van der Waals surface area contributed by atoms with Crippen molar-refractivity contribution in [3.8, 4) is 23.0 Å². The zero-order valence-corrected chi connectivity index (χ0v) is 21.4. The van der Waals surface area contributed by atoms with Crippen molar-refractivity contribution in [2.45, 2.75) is 27.2 Å². The zero-order chi connectivity index (χ0) is 28.5. The van der Waals surface area contributed by atoms with E-state index in [9.17, 15) is 25.0 Å². The Morgan fingerprint density at radius 1 is 0.769 bits per heavy atom. The summed E-state index contributed by atoms with van der Waals surface area (Å²) in [4.78, 5) is 39.8. The van der Waals surface area contributed by atoms with Crippen LogP contribution in [0.15, 0.2) is 73.1 Å². The summed E-state index contributed by atoms with van der Waals surface area (Å²) < 4.78 is 11.1. The van der Waals surface area contributed by atoms with E-state index in [1.54, 1.807) is 62.4 Å². The molecule has 0 aliphatic heterocycles. The number of carbonyl (C=O) groups is 1. The lowest BCUT2D eigenvalue weighted by molar-refractivity contribution is -0.385.